The summed E-state index contributed by atoms with van der Waals surface area (Å²) in [5.41, 5.74) is 4.83. The number of carbonyl (C=O) groups excluding carboxylic acids is 1. The third kappa shape index (κ3) is 4.96. The molecule has 1 fully saturated rings. The molecule has 1 saturated carbocycles. The van der Waals surface area contributed by atoms with Crippen LogP contribution in [-0.2, 0) is 6.42 Å². The minimum Gasteiger partial charge on any atom is -0.317 e. The number of hydrogen-bond donors (Lipinski definition) is 4. The van der Waals surface area contributed by atoms with Crippen LogP contribution in [0.25, 0.3) is 0 Å². The zero-order valence-electron chi connectivity index (χ0n) is 17.3. The number of terminal acetylenes is 1. The number of quaternary nitrogens is 1. The molecule has 2 amide bonds. The lowest BCUT2D eigenvalue weighted by Gasteiger charge is -2.41. The molecule has 4 N–H and O–H groups in total. The molecule has 31 heavy (non-hydrogen) atoms. The monoisotopic (exact) mass is 432 g/mol. The highest BCUT2D eigenvalue weighted by molar-refractivity contribution is 8.04. The number of thiocyanates is 1. The zero-order valence-corrected chi connectivity index (χ0v) is 18.1. The van der Waals surface area contributed by atoms with Crippen LogP contribution in [0.1, 0.15) is 31.2 Å². The first-order chi connectivity index (χ1) is 15.2. The minimum atomic E-state index is -0.286. The standard InChI is InChI=1S/C24H25N5OS/c1-2-13-29-22-6-4-3-5-17(22)14-18-15-21(11-12-23(18)29)27-24(30)26-19-7-9-20(10-8-19)28-31-16-25/h1,7-12,15,17,22,28H,3-6,13-14H2,(H2,26,27,30)/p+1. The summed E-state index contributed by atoms with van der Waals surface area (Å²) in [5, 5.41) is 16.3. The first-order valence-electron chi connectivity index (χ1n) is 10.6. The van der Waals surface area contributed by atoms with Crippen LogP contribution in [-0.4, -0.2) is 18.6 Å². The first kappa shape index (κ1) is 21.1. The average molecular weight is 433 g/mol. The Morgan fingerprint density at radius 1 is 1.10 bits per heavy atom. The van der Waals surface area contributed by atoms with Gasteiger partial charge in [0.15, 0.2) is 5.40 Å². The molecule has 2 aromatic rings. The van der Waals surface area contributed by atoms with Crippen LogP contribution in [0.5, 0.6) is 0 Å². The summed E-state index contributed by atoms with van der Waals surface area (Å²) in [6.07, 6.45) is 11.8. The first-order valence-corrected chi connectivity index (χ1v) is 11.4. The highest BCUT2D eigenvalue weighted by Crippen LogP contribution is 2.33. The van der Waals surface area contributed by atoms with Crippen LogP contribution in [0.15, 0.2) is 42.5 Å². The number of rotatable bonds is 5. The van der Waals surface area contributed by atoms with Crippen molar-refractivity contribution in [2.75, 3.05) is 21.9 Å². The predicted octanol–water partition coefficient (Wildman–Crippen LogP) is 4.14. The third-order valence-corrected chi connectivity index (χ3v) is 6.63. The van der Waals surface area contributed by atoms with Gasteiger partial charge in [-0.3, -0.25) is 4.90 Å². The summed E-state index contributed by atoms with van der Waals surface area (Å²) in [7, 11) is 0. The Balaban J connectivity index is 1.43. The highest BCUT2D eigenvalue weighted by Gasteiger charge is 2.39. The number of urea groups is 1. The van der Waals surface area contributed by atoms with Gasteiger partial charge >= 0.3 is 6.03 Å². The van der Waals surface area contributed by atoms with E-state index in [4.69, 9.17) is 11.7 Å². The molecule has 3 unspecified atom stereocenters. The van der Waals surface area contributed by atoms with Crippen molar-refractivity contribution in [3.05, 3.63) is 48.0 Å². The van der Waals surface area contributed by atoms with E-state index in [1.807, 2.05) is 23.6 Å². The van der Waals surface area contributed by atoms with E-state index >= 15 is 0 Å². The van der Waals surface area contributed by atoms with Crippen molar-refractivity contribution >= 4 is 40.7 Å². The molecular formula is C24H26N5OS+. The van der Waals surface area contributed by atoms with E-state index < -0.39 is 0 Å². The molecule has 2 aromatic carbocycles. The van der Waals surface area contributed by atoms with Crippen molar-refractivity contribution in [2.24, 2.45) is 5.92 Å². The van der Waals surface area contributed by atoms with Crippen LogP contribution >= 0.6 is 11.9 Å². The minimum absolute atomic E-state index is 0.286. The summed E-state index contributed by atoms with van der Waals surface area (Å²) >= 11 is 0.947. The summed E-state index contributed by atoms with van der Waals surface area (Å²) < 4.78 is 2.89. The molecule has 158 valence electrons. The van der Waals surface area contributed by atoms with Gasteiger partial charge in [0, 0.05) is 41.0 Å². The van der Waals surface area contributed by atoms with Crippen molar-refractivity contribution in [3.63, 3.8) is 0 Å². The molecule has 0 radical (unpaired) electrons. The van der Waals surface area contributed by atoms with Crippen molar-refractivity contribution < 1.29 is 9.69 Å². The van der Waals surface area contributed by atoms with Crippen LogP contribution in [0.3, 0.4) is 0 Å². The van der Waals surface area contributed by atoms with Gasteiger partial charge in [-0.15, -0.1) is 6.42 Å². The number of anilines is 3. The molecule has 0 bridgehead atoms. The summed E-state index contributed by atoms with van der Waals surface area (Å²) in [5.74, 6) is 3.53. The number of benzene rings is 2. The molecule has 4 rings (SSSR count). The number of amides is 2. The quantitative estimate of drug-likeness (QED) is 0.325. The fraction of sp³-hybridized carbons (Fsp3) is 0.333. The third-order valence-electron chi connectivity index (χ3n) is 6.20. The molecule has 7 heteroatoms. The lowest BCUT2D eigenvalue weighted by Crippen LogP contribution is -3.13. The molecule has 0 saturated heterocycles. The molecule has 0 spiro atoms. The molecule has 0 aromatic heterocycles. The van der Waals surface area contributed by atoms with Crippen molar-refractivity contribution in [1.82, 2.24) is 0 Å². The Morgan fingerprint density at radius 2 is 1.81 bits per heavy atom. The maximum atomic E-state index is 12.5. The second kappa shape index (κ2) is 9.78. The Kier molecular flexibility index (Phi) is 6.66. The maximum absolute atomic E-state index is 12.5. The highest BCUT2D eigenvalue weighted by atomic mass is 32.2. The van der Waals surface area contributed by atoms with Gasteiger partial charge in [0.2, 0.25) is 0 Å². The van der Waals surface area contributed by atoms with E-state index in [1.54, 1.807) is 12.1 Å². The molecule has 6 nitrogen and oxygen atoms in total. The lowest BCUT2D eigenvalue weighted by atomic mass is 9.76. The topological polar surface area (TPSA) is 81.4 Å². The summed E-state index contributed by atoms with van der Waals surface area (Å²) in [6, 6.07) is 13.7. The molecule has 1 aliphatic carbocycles. The fourth-order valence-electron chi connectivity index (χ4n) is 4.88. The van der Waals surface area contributed by atoms with E-state index in [1.165, 1.54) is 41.8 Å². The Hall–Kier alpha value is -3.13. The molecule has 1 heterocycles. The van der Waals surface area contributed by atoms with E-state index in [0.717, 1.165) is 29.7 Å². The van der Waals surface area contributed by atoms with Gasteiger partial charge in [-0.05, 0) is 61.6 Å². The van der Waals surface area contributed by atoms with Gasteiger partial charge in [0.05, 0.1) is 18.0 Å². The summed E-state index contributed by atoms with van der Waals surface area (Å²) in [6.45, 7) is 0.707. The second-order valence-corrected chi connectivity index (χ2v) is 8.68. The fourth-order valence-corrected chi connectivity index (χ4v) is 5.18. The average Bonchev–Trinajstić information content (AvgIpc) is 2.78. The Labute approximate surface area is 187 Å². The van der Waals surface area contributed by atoms with Gasteiger partial charge in [0.25, 0.3) is 0 Å². The van der Waals surface area contributed by atoms with E-state index in [2.05, 4.69) is 33.4 Å². The molecule has 3 atom stereocenters. The number of nitrogens with one attached hydrogen (secondary N) is 4. The number of nitriles is 1. The molecule has 1 aliphatic heterocycles. The smallest absolute Gasteiger partial charge is 0.317 e. The van der Waals surface area contributed by atoms with E-state index in [-0.39, 0.29) is 6.03 Å². The van der Waals surface area contributed by atoms with E-state index in [0.29, 0.717) is 24.2 Å². The van der Waals surface area contributed by atoms with E-state index in [9.17, 15) is 4.79 Å². The second-order valence-electron chi connectivity index (χ2n) is 8.09. The maximum Gasteiger partial charge on any atom is 0.323 e. The number of nitrogens with zero attached hydrogens (tertiary/aromatic N) is 1. The molecule has 2 aliphatic rings. The van der Waals surface area contributed by atoms with Crippen molar-refractivity contribution in [3.8, 4) is 17.7 Å². The van der Waals surface area contributed by atoms with Crippen LogP contribution < -0.4 is 20.3 Å². The van der Waals surface area contributed by atoms with Crippen LogP contribution in [0.4, 0.5) is 27.5 Å². The van der Waals surface area contributed by atoms with Gasteiger partial charge in [-0.1, -0.05) is 6.42 Å². The van der Waals surface area contributed by atoms with Crippen LogP contribution in [0.2, 0.25) is 0 Å². The number of carbonyl (C=O) groups is 1. The van der Waals surface area contributed by atoms with Crippen LogP contribution in [0, 0.1) is 28.9 Å². The largest absolute Gasteiger partial charge is 0.323 e. The van der Waals surface area contributed by atoms with Gasteiger partial charge in [-0.2, -0.15) is 5.26 Å². The van der Waals surface area contributed by atoms with Crippen molar-refractivity contribution in [1.29, 1.82) is 5.26 Å². The zero-order chi connectivity index (χ0) is 21.6. The van der Waals surface area contributed by atoms with Gasteiger partial charge < -0.3 is 15.4 Å². The predicted molar refractivity (Wildman–Crippen MR) is 126 cm³/mol. The number of fused-ring (bicyclic) bond motifs is 2. The number of hydrogen-bond acceptors (Lipinski definition) is 4. The van der Waals surface area contributed by atoms with Crippen molar-refractivity contribution in [2.45, 2.75) is 38.1 Å². The summed E-state index contributed by atoms with van der Waals surface area (Å²) in [4.78, 5) is 13.9. The van der Waals surface area contributed by atoms with Gasteiger partial charge in [-0.25, -0.2) is 4.79 Å². The normalized spacial score (nSPS) is 21.5. The molecular weight excluding hydrogens is 406 g/mol. The SMILES string of the molecule is C#CC[NH+]1c2ccc(NC(=O)Nc3ccc(NSC#N)cc3)cc2CC2CCCCC21. The lowest BCUT2D eigenvalue weighted by molar-refractivity contribution is -0.862. The Bertz CT molecular complexity index is 1020. The Morgan fingerprint density at radius 3 is 2.58 bits per heavy atom. The van der Waals surface area contributed by atoms with Gasteiger partial charge in [0.1, 0.15) is 12.2 Å².